The summed E-state index contributed by atoms with van der Waals surface area (Å²) in [6.07, 6.45) is 1.95. The van der Waals surface area contributed by atoms with Crippen molar-refractivity contribution in [1.29, 1.82) is 0 Å². The number of H-pyrrole nitrogens is 1. The molecular weight excluding hydrogens is 386 g/mol. The van der Waals surface area contributed by atoms with E-state index in [-0.39, 0.29) is 0 Å². The van der Waals surface area contributed by atoms with E-state index in [0.29, 0.717) is 17.7 Å². The van der Waals surface area contributed by atoms with Crippen LogP contribution >= 0.6 is 0 Å². The number of aromatic amines is 1. The second kappa shape index (κ2) is 9.20. The van der Waals surface area contributed by atoms with E-state index in [4.69, 9.17) is 10.1 Å². The SMILES string of the molecule is CCC(C)c1nc(CC(C)C)nn1Cc1ccc(-c2ccccc2-c2nnn[nH]2)cc1. The summed E-state index contributed by atoms with van der Waals surface area (Å²) in [6.45, 7) is 9.54. The number of tetrazole rings is 1. The third kappa shape index (κ3) is 4.71. The van der Waals surface area contributed by atoms with Crippen LogP contribution in [-0.4, -0.2) is 35.4 Å². The van der Waals surface area contributed by atoms with Crippen molar-refractivity contribution in [1.82, 2.24) is 35.4 Å². The fourth-order valence-corrected chi connectivity index (χ4v) is 3.70. The highest BCUT2D eigenvalue weighted by atomic mass is 15.5. The number of hydrogen-bond acceptors (Lipinski definition) is 5. The van der Waals surface area contributed by atoms with Gasteiger partial charge in [0.05, 0.1) is 6.54 Å². The van der Waals surface area contributed by atoms with Crippen molar-refractivity contribution in [3.05, 3.63) is 65.7 Å². The molecule has 2 aromatic carbocycles. The Labute approximate surface area is 182 Å². The Morgan fingerprint density at radius 2 is 1.71 bits per heavy atom. The molecule has 0 aliphatic heterocycles. The van der Waals surface area contributed by atoms with Gasteiger partial charge in [-0.1, -0.05) is 76.2 Å². The molecule has 0 spiro atoms. The Hall–Kier alpha value is -3.35. The molecule has 0 fully saturated rings. The van der Waals surface area contributed by atoms with Gasteiger partial charge in [0.15, 0.2) is 11.6 Å². The largest absolute Gasteiger partial charge is 0.245 e. The molecule has 0 aliphatic carbocycles. The van der Waals surface area contributed by atoms with E-state index in [0.717, 1.165) is 47.7 Å². The van der Waals surface area contributed by atoms with Crippen molar-refractivity contribution >= 4 is 0 Å². The van der Waals surface area contributed by atoms with Gasteiger partial charge in [-0.15, -0.1) is 5.10 Å². The molecule has 7 nitrogen and oxygen atoms in total. The van der Waals surface area contributed by atoms with E-state index >= 15 is 0 Å². The molecule has 2 heterocycles. The summed E-state index contributed by atoms with van der Waals surface area (Å²) in [5, 5.41) is 19.2. The van der Waals surface area contributed by atoms with Gasteiger partial charge in [0.1, 0.15) is 5.82 Å². The fourth-order valence-electron chi connectivity index (χ4n) is 3.70. The lowest BCUT2D eigenvalue weighted by Gasteiger charge is -2.12. The highest BCUT2D eigenvalue weighted by molar-refractivity contribution is 5.80. The standard InChI is InChI=1S/C24H29N7/c1-5-17(4)24-25-22(14-16(2)3)28-31(24)15-18-10-12-19(13-11-18)20-8-6-7-9-21(20)23-26-29-30-27-23/h6-13,16-17H,5,14-15H2,1-4H3,(H,26,27,29,30). The predicted molar refractivity (Wildman–Crippen MR) is 121 cm³/mol. The van der Waals surface area contributed by atoms with Crippen LogP contribution in [0.5, 0.6) is 0 Å². The molecule has 7 heteroatoms. The second-order valence-corrected chi connectivity index (χ2v) is 8.44. The van der Waals surface area contributed by atoms with Crippen LogP contribution in [0.3, 0.4) is 0 Å². The van der Waals surface area contributed by atoms with Crippen LogP contribution in [0.1, 0.15) is 57.2 Å². The lowest BCUT2D eigenvalue weighted by molar-refractivity contribution is 0.570. The Bertz CT molecular complexity index is 1110. The lowest BCUT2D eigenvalue weighted by Crippen LogP contribution is -2.09. The molecule has 0 saturated heterocycles. The normalized spacial score (nSPS) is 12.4. The molecule has 0 radical (unpaired) electrons. The summed E-state index contributed by atoms with van der Waals surface area (Å²) in [5.41, 5.74) is 4.40. The fraction of sp³-hybridized carbons (Fsp3) is 0.375. The number of aromatic nitrogens is 7. The molecule has 4 rings (SSSR count). The summed E-state index contributed by atoms with van der Waals surface area (Å²) in [7, 11) is 0. The predicted octanol–water partition coefficient (Wildman–Crippen LogP) is 4.89. The van der Waals surface area contributed by atoms with E-state index in [2.05, 4.69) is 83.3 Å². The molecule has 0 aliphatic rings. The zero-order valence-corrected chi connectivity index (χ0v) is 18.6. The van der Waals surface area contributed by atoms with Crippen LogP contribution in [-0.2, 0) is 13.0 Å². The summed E-state index contributed by atoms with van der Waals surface area (Å²) < 4.78 is 2.08. The number of nitrogens with zero attached hydrogens (tertiary/aromatic N) is 6. The molecule has 0 amide bonds. The van der Waals surface area contributed by atoms with Crippen LogP contribution < -0.4 is 0 Å². The van der Waals surface area contributed by atoms with Gasteiger partial charge < -0.3 is 0 Å². The number of rotatable bonds is 8. The van der Waals surface area contributed by atoms with E-state index in [1.165, 1.54) is 5.56 Å². The van der Waals surface area contributed by atoms with Gasteiger partial charge in [0.25, 0.3) is 0 Å². The highest BCUT2D eigenvalue weighted by Gasteiger charge is 2.16. The Morgan fingerprint density at radius 1 is 0.968 bits per heavy atom. The molecule has 1 unspecified atom stereocenters. The van der Waals surface area contributed by atoms with E-state index in [1.54, 1.807) is 0 Å². The van der Waals surface area contributed by atoms with Gasteiger partial charge in [-0.05, 0) is 39.5 Å². The number of hydrogen-bond donors (Lipinski definition) is 1. The smallest absolute Gasteiger partial charge is 0.180 e. The van der Waals surface area contributed by atoms with Crippen LogP contribution in [0.4, 0.5) is 0 Å². The van der Waals surface area contributed by atoms with Gasteiger partial charge in [-0.2, -0.15) is 5.10 Å². The van der Waals surface area contributed by atoms with Crippen molar-refractivity contribution in [3.63, 3.8) is 0 Å². The Kier molecular flexibility index (Phi) is 6.21. The van der Waals surface area contributed by atoms with Crippen molar-refractivity contribution < 1.29 is 0 Å². The molecule has 31 heavy (non-hydrogen) atoms. The topological polar surface area (TPSA) is 85.2 Å². The molecule has 0 bridgehead atoms. The minimum Gasteiger partial charge on any atom is -0.245 e. The highest BCUT2D eigenvalue weighted by Crippen LogP contribution is 2.30. The van der Waals surface area contributed by atoms with Gasteiger partial charge in [-0.25, -0.2) is 14.8 Å². The van der Waals surface area contributed by atoms with E-state index < -0.39 is 0 Å². The molecular formula is C24H29N7. The average Bonchev–Trinajstić information content (AvgIpc) is 3.44. The molecule has 160 valence electrons. The summed E-state index contributed by atoms with van der Waals surface area (Å²) in [6, 6.07) is 16.7. The van der Waals surface area contributed by atoms with Gasteiger partial charge in [0.2, 0.25) is 0 Å². The van der Waals surface area contributed by atoms with Gasteiger partial charge in [0, 0.05) is 17.9 Å². The van der Waals surface area contributed by atoms with Crippen molar-refractivity contribution in [2.45, 2.75) is 53.0 Å². The Balaban J connectivity index is 1.60. The van der Waals surface area contributed by atoms with Crippen molar-refractivity contribution in [2.24, 2.45) is 5.92 Å². The summed E-state index contributed by atoms with van der Waals surface area (Å²) >= 11 is 0. The van der Waals surface area contributed by atoms with Gasteiger partial charge in [-0.3, -0.25) is 0 Å². The number of nitrogens with one attached hydrogen (secondary N) is 1. The van der Waals surface area contributed by atoms with Crippen LogP contribution in [0.2, 0.25) is 0 Å². The molecule has 1 N–H and O–H groups in total. The maximum absolute atomic E-state index is 4.85. The van der Waals surface area contributed by atoms with Gasteiger partial charge >= 0.3 is 0 Å². The first-order valence-corrected chi connectivity index (χ1v) is 10.9. The van der Waals surface area contributed by atoms with Crippen LogP contribution in [0.15, 0.2) is 48.5 Å². The summed E-state index contributed by atoms with van der Waals surface area (Å²) in [5.74, 6) is 3.61. The minimum atomic E-state index is 0.384. The third-order valence-electron chi connectivity index (χ3n) is 5.51. The zero-order valence-electron chi connectivity index (χ0n) is 18.6. The quantitative estimate of drug-likeness (QED) is 0.443. The van der Waals surface area contributed by atoms with E-state index in [1.807, 2.05) is 18.2 Å². The van der Waals surface area contributed by atoms with E-state index in [9.17, 15) is 0 Å². The monoisotopic (exact) mass is 415 g/mol. The molecule has 4 aromatic rings. The third-order valence-corrected chi connectivity index (χ3v) is 5.51. The molecule has 2 aromatic heterocycles. The molecule has 1 atom stereocenters. The van der Waals surface area contributed by atoms with Crippen LogP contribution in [0.25, 0.3) is 22.5 Å². The maximum Gasteiger partial charge on any atom is 0.180 e. The second-order valence-electron chi connectivity index (χ2n) is 8.44. The average molecular weight is 416 g/mol. The van der Waals surface area contributed by atoms with Crippen molar-refractivity contribution in [3.8, 4) is 22.5 Å². The summed E-state index contributed by atoms with van der Waals surface area (Å²) in [4.78, 5) is 4.85. The molecule has 0 saturated carbocycles. The maximum atomic E-state index is 4.85. The zero-order chi connectivity index (χ0) is 21.8. The minimum absolute atomic E-state index is 0.384. The Morgan fingerprint density at radius 3 is 2.35 bits per heavy atom. The van der Waals surface area contributed by atoms with Crippen LogP contribution in [0, 0.1) is 5.92 Å². The first-order chi connectivity index (χ1) is 15.0. The first kappa shape index (κ1) is 20.9. The first-order valence-electron chi connectivity index (χ1n) is 10.9. The lowest BCUT2D eigenvalue weighted by atomic mass is 9.98. The van der Waals surface area contributed by atoms with Crippen molar-refractivity contribution in [2.75, 3.05) is 0 Å². The number of benzene rings is 2.